The lowest BCUT2D eigenvalue weighted by atomic mass is 10.2. The van der Waals surface area contributed by atoms with Gasteiger partial charge in [-0.05, 0) is 19.1 Å². The van der Waals surface area contributed by atoms with E-state index in [9.17, 15) is 4.79 Å². The van der Waals surface area contributed by atoms with Crippen LogP contribution in [-0.2, 0) is 0 Å². The lowest BCUT2D eigenvalue weighted by Gasteiger charge is -2.02. The third kappa shape index (κ3) is 3.21. The number of aryl methyl sites for hydroxylation is 1. The molecular weight excluding hydrogens is 274 g/mol. The second kappa shape index (κ2) is 6.29. The number of nitrogens with zero attached hydrogens (tertiary/aromatic N) is 2. The van der Waals surface area contributed by atoms with Crippen molar-refractivity contribution >= 4 is 28.5 Å². The van der Waals surface area contributed by atoms with Crippen LogP contribution in [0.15, 0.2) is 29.4 Å². The van der Waals surface area contributed by atoms with Crippen molar-refractivity contribution in [3.8, 4) is 5.75 Å². The van der Waals surface area contributed by atoms with Crippen molar-refractivity contribution in [3.05, 3.63) is 40.4 Å². The highest BCUT2D eigenvalue weighted by atomic mass is 32.1. The van der Waals surface area contributed by atoms with Crippen molar-refractivity contribution in [2.75, 3.05) is 12.5 Å². The number of methoxy groups -OCH3 is 1. The quantitative estimate of drug-likeness (QED) is 0.522. The molecule has 1 heterocycles. The molecular formula is C14H15N3O2S. The molecule has 0 bridgehead atoms. The van der Waals surface area contributed by atoms with Gasteiger partial charge in [0, 0.05) is 12.5 Å². The summed E-state index contributed by atoms with van der Waals surface area (Å²) in [4.78, 5) is 16.2. The Morgan fingerprint density at radius 1 is 1.45 bits per heavy atom. The molecule has 1 N–H and O–H groups in total. The summed E-state index contributed by atoms with van der Waals surface area (Å²) in [6.45, 7) is 3.34. The average molecular weight is 289 g/mol. The third-order valence-corrected chi connectivity index (χ3v) is 3.78. The van der Waals surface area contributed by atoms with Crippen LogP contribution in [0.25, 0.3) is 0 Å². The lowest BCUT2D eigenvalue weighted by molar-refractivity contribution is 0.102. The van der Waals surface area contributed by atoms with Crippen LogP contribution in [0.2, 0.25) is 0 Å². The number of ketones is 1. The number of benzene rings is 1. The number of rotatable bonds is 5. The lowest BCUT2D eigenvalue weighted by Crippen LogP contribution is -1.93. The summed E-state index contributed by atoms with van der Waals surface area (Å²) in [7, 11) is 1.61. The maximum Gasteiger partial charge on any atom is 0.204 e. The van der Waals surface area contributed by atoms with Crippen LogP contribution in [0.4, 0.5) is 5.13 Å². The topological polar surface area (TPSA) is 63.6 Å². The van der Waals surface area contributed by atoms with Gasteiger partial charge in [-0.3, -0.25) is 10.2 Å². The van der Waals surface area contributed by atoms with Crippen LogP contribution >= 0.6 is 11.3 Å². The van der Waals surface area contributed by atoms with Gasteiger partial charge in [0.1, 0.15) is 5.75 Å². The van der Waals surface area contributed by atoms with Crippen molar-refractivity contribution in [3.63, 3.8) is 0 Å². The zero-order valence-corrected chi connectivity index (χ0v) is 12.3. The molecule has 0 aliphatic rings. The van der Waals surface area contributed by atoms with Gasteiger partial charge in [-0.15, -0.1) is 0 Å². The molecule has 2 aromatic rings. The first kappa shape index (κ1) is 14.2. The van der Waals surface area contributed by atoms with E-state index >= 15 is 0 Å². The van der Waals surface area contributed by atoms with Crippen molar-refractivity contribution in [2.45, 2.75) is 13.8 Å². The Morgan fingerprint density at radius 2 is 2.20 bits per heavy atom. The van der Waals surface area contributed by atoms with E-state index in [0.29, 0.717) is 10.0 Å². The predicted octanol–water partition coefficient (Wildman–Crippen LogP) is 3.11. The molecule has 0 radical (unpaired) electrons. The van der Waals surface area contributed by atoms with E-state index < -0.39 is 0 Å². The van der Waals surface area contributed by atoms with Crippen molar-refractivity contribution < 1.29 is 9.53 Å². The number of ether oxygens (including phenoxy) is 1. The van der Waals surface area contributed by atoms with Crippen LogP contribution in [-0.4, -0.2) is 24.1 Å². The van der Waals surface area contributed by atoms with E-state index in [-0.39, 0.29) is 5.78 Å². The number of carbonyl (C=O) groups excluding carboxylic acids is 1. The highest BCUT2D eigenvalue weighted by Crippen LogP contribution is 2.23. The first-order chi connectivity index (χ1) is 9.61. The summed E-state index contributed by atoms with van der Waals surface area (Å²) in [5.41, 5.74) is 4.41. The maximum absolute atomic E-state index is 11.3. The molecule has 0 spiro atoms. The predicted molar refractivity (Wildman–Crippen MR) is 81.1 cm³/mol. The fourth-order valence-electron chi connectivity index (χ4n) is 1.70. The van der Waals surface area contributed by atoms with Gasteiger partial charge in [0.15, 0.2) is 5.78 Å². The minimum atomic E-state index is 0.0155. The Kier molecular flexibility index (Phi) is 4.47. The number of carbonyl (C=O) groups is 1. The van der Waals surface area contributed by atoms with Gasteiger partial charge in [0.25, 0.3) is 0 Å². The van der Waals surface area contributed by atoms with Crippen LogP contribution in [0.5, 0.6) is 5.75 Å². The standard InChI is InChI=1S/C14H15N3O2S/c1-9-13(10(2)18)20-14(16-9)17-15-8-11-6-4-5-7-12(11)19-3/h4-8H,1-3H3,(H,16,17)/b15-8-. The maximum atomic E-state index is 11.3. The van der Waals surface area contributed by atoms with E-state index in [2.05, 4.69) is 15.5 Å². The van der Waals surface area contributed by atoms with Crippen molar-refractivity contribution in [1.82, 2.24) is 4.98 Å². The molecule has 2 rings (SSSR count). The first-order valence-electron chi connectivity index (χ1n) is 6.02. The summed E-state index contributed by atoms with van der Waals surface area (Å²) in [6.07, 6.45) is 1.66. The van der Waals surface area contributed by atoms with Gasteiger partial charge in [-0.1, -0.05) is 23.5 Å². The van der Waals surface area contributed by atoms with Crippen molar-refractivity contribution in [1.29, 1.82) is 0 Å². The van der Waals surface area contributed by atoms with Crippen LogP contribution < -0.4 is 10.2 Å². The van der Waals surface area contributed by atoms with Gasteiger partial charge in [-0.2, -0.15) is 5.10 Å². The minimum absolute atomic E-state index is 0.0155. The zero-order chi connectivity index (χ0) is 14.5. The van der Waals surface area contributed by atoms with Gasteiger partial charge in [0.2, 0.25) is 5.13 Å². The highest BCUT2D eigenvalue weighted by Gasteiger charge is 2.10. The fourth-order valence-corrected chi connectivity index (χ4v) is 2.51. The van der Waals surface area contributed by atoms with E-state index in [4.69, 9.17) is 4.74 Å². The molecule has 0 saturated carbocycles. The summed E-state index contributed by atoms with van der Waals surface area (Å²) in [6, 6.07) is 7.57. The Labute approximate surface area is 121 Å². The number of thiazole rings is 1. The van der Waals surface area contributed by atoms with Gasteiger partial charge < -0.3 is 4.74 Å². The summed E-state index contributed by atoms with van der Waals surface area (Å²) in [5, 5.41) is 4.71. The number of nitrogens with one attached hydrogen (secondary N) is 1. The summed E-state index contributed by atoms with van der Waals surface area (Å²) >= 11 is 1.30. The van der Waals surface area contributed by atoms with Crippen LogP contribution in [0, 0.1) is 6.92 Å². The van der Waals surface area contributed by atoms with Gasteiger partial charge in [0.05, 0.1) is 23.9 Å². The number of para-hydroxylation sites is 1. The molecule has 5 nitrogen and oxygen atoms in total. The number of hydrogen-bond donors (Lipinski definition) is 1. The molecule has 0 saturated heterocycles. The molecule has 0 fully saturated rings. The van der Waals surface area contributed by atoms with Gasteiger partial charge in [-0.25, -0.2) is 4.98 Å². The number of hydrazone groups is 1. The van der Waals surface area contributed by atoms with E-state index in [0.717, 1.165) is 17.0 Å². The fraction of sp³-hybridized carbons (Fsp3) is 0.214. The average Bonchev–Trinajstić information content (AvgIpc) is 2.80. The molecule has 20 heavy (non-hydrogen) atoms. The molecule has 0 amide bonds. The molecule has 0 aliphatic heterocycles. The molecule has 0 unspecified atom stereocenters. The third-order valence-electron chi connectivity index (χ3n) is 2.62. The normalized spacial score (nSPS) is 10.8. The summed E-state index contributed by atoms with van der Waals surface area (Å²) in [5.74, 6) is 0.763. The molecule has 104 valence electrons. The number of hydrogen-bond acceptors (Lipinski definition) is 6. The first-order valence-corrected chi connectivity index (χ1v) is 6.84. The van der Waals surface area contributed by atoms with Crippen LogP contribution in [0.3, 0.4) is 0 Å². The molecule has 1 aromatic carbocycles. The smallest absolute Gasteiger partial charge is 0.204 e. The number of aromatic nitrogens is 1. The zero-order valence-electron chi connectivity index (χ0n) is 11.5. The van der Waals surface area contributed by atoms with Crippen LogP contribution in [0.1, 0.15) is 27.9 Å². The number of Topliss-reactive ketones (excluding diaryl/α,β-unsaturated/α-hetero) is 1. The largest absolute Gasteiger partial charge is 0.496 e. The van der Waals surface area contributed by atoms with Gasteiger partial charge >= 0.3 is 0 Å². The monoisotopic (exact) mass is 289 g/mol. The second-order valence-electron chi connectivity index (χ2n) is 4.10. The minimum Gasteiger partial charge on any atom is -0.496 e. The highest BCUT2D eigenvalue weighted by molar-refractivity contribution is 7.17. The Morgan fingerprint density at radius 3 is 2.85 bits per heavy atom. The molecule has 0 aliphatic carbocycles. The summed E-state index contributed by atoms with van der Waals surface area (Å²) < 4.78 is 5.23. The molecule has 0 atom stereocenters. The Balaban J connectivity index is 2.10. The van der Waals surface area contributed by atoms with E-state index in [1.807, 2.05) is 31.2 Å². The Bertz CT molecular complexity index is 650. The molecule has 1 aromatic heterocycles. The van der Waals surface area contributed by atoms with E-state index in [1.165, 1.54) is 18.3 Å². The number of anilines is 1. The molecule has 6 heteroatoms. The van der Waals surface area contributed by atoms with Crippen molar-refractivity contribution in [2.24, 2.45) is 5.10 Å². The van der Waals surface area contributed by atoms with E-state index in [1.54, 1.807) is 13.3 Å². The Hall–Kier alpha value is -2.21. The second-order valence-corrected chi connectivity index (χ2v) is 5.10. The SMILES string of the molecule is COc1ccccc1/C=N\Nc1nc(C)c(C(C)=O)s1.